The fourth-order valence-electron chi connectivity index (χ4n) is 1.05. The second kappa shape index (κ2) is 3.62. The van der Waals surface area contributed by atoms with Gasteiger partial charge in [-0.3, -0.25) is 10.1 Å². The monoisotopic (exact) mass is 201 g/mol. The van der Waals surface area contributed by atoms with E-state index in [-0.39, 0.29) is 16.5 Å². The largest absolute Gasteiger partial charge is 0.502 e. The molecule has 0 heterocycles. The van der Waals surface area contributed by atoms with Crippen LogP contribution in [0.25, 0.3) is 0 Å². The molecule has 1 N–H and O–H groups in total. The van der Waals surface area contributed by atoms with Gasteiger partial charge in [-0.2, -0.15) is 0 Å². The highest BCUT2D eigenvalue weighted by atomic mass is 35.5. The third kappa shape index (κ3) is 1.89. The molecule has 70 valence electrons. The van der Waals surface area contributed by atoms with Crippen molar-refractivity contribution >= 4 is 17.3 Å². The number of nitro groups is 1. The first-order valence-corrected chi connectivity index (χ1v) is 4.09. The molecule has 4 nitrogen and oxygen atoms in total. The minimum atomic E-state index is -0.652. The molecule has 0 aromatic heterocycles. The van der Waals surface area contributed by atoms with Crippen molar-refractivity contribution in [1.29, 1.82) is 0 Å². The summed E-state index contributed by atoms with van der Waals surface area (Å²) in [6, 6.07) is 2.65. The molecule has 13 heavy (non-hydrogen) atoms. The molecule has 0 bridgehead atoms. The van der Waals surface area contributed by atoms with E-state index in [4.69, 9.17) is 11.6 Å². The van der Waals surface area contributed by atoms with Crippen LogP contribution >= 0.6 is 11.6 Å². The van der Waals surface area contributed by atoms with Gasteiger partial charge in [0.25, 0.3) is 0 Å². The molecule has 0 saturated carbocycles. The molecule has 1 aromatic rings. The number of hydrogen-bond acceptors (Lipinski definition) is 3. The van der Waals surface area contributed by atoms with Crippen LogP contribution in [0.5, 0.6) is 5.75 Å². The van der Waals surface area contributed by atoms with Crippen molar-refractivity contribution < 1.29 is 10.0 Å². The van der Waals surface area contributed by atoms with E-state index in [1.165, 1.54) is 6.07 Å². The van der Waals surface area contributed by atoms with E-state index in [1.54, 1.807) is 6.92 Å². The predicted octanol–water partition coefficient (Wildman–Crippen LogP) is 2.52. The van der Waals surface area contributed by atoms with Gasteiger partial charge in [0.05, 0.1) is 4.92 Å². The van der Waals surface area contributed by atoms with E-state index in [2.05, 4.69) is 0 Å². The number of rotatable bonds is 2. The maximum atomic E-state index is 10.4. The van der Waals surface area contributed by atoms with Gasteiger partial charge in [0.2, 0.25) is 0 Å². The van der Waals surface area contributed by atoms with Gasteiger partial charge in [0.1, 0.15) is 0 Å². The van der Waals surface area contributed by atoms with Crippen molar-refractivity contribution in [2.45, 2.75) is 13.3 Å². The van der Waals surface area contributed by atoms with Crippen LogP contribution in [-0.2, 0) is 6.42 Å². The van der Waals surface area contributed by atoms with Gasteiger partial charge in [0, 0.05) is 16.7 Å². The summed E-state index contributed by atoms with van der Waals surface area (Å²) in [5.41, 5.74) is 0.142. The summed E-state index contributed by atoms with van der Waals surface area (Å²) < 4.78 is 0. The lowest BCUT2D eigenvalue weighted by molar-refractivity contribution is -0.385. The van der Waals surface area contributed by atoms with Gasteiger partial charge in [-0.05, 0) is 12.5 Å². The second-order valence-electron chi connectivity index (χ2n) is 2.54. The smallest absolute Gasteiger partial charge is 0.312 e. The van der Waals surface area contributed by atoms with Crippen LogP contribution in [0.15, 0.2) is 12.1 Å². The van der Waals surface area contributed by atoms with Gasteiger partial charge in [0.15, 0.2) is 5.75 Å². The number of nitrogens with zero attached hydrogens (tertiary/aromatic N) is 1. The van der Waals surface area contributed by atoms with Gasteiger partial charge >= 0.3 is 5.69 Å². The summed E-state index contributed by atoms with van der Waals surface area (Å²) in [6.45, 7) is 1.79. The van der Waals surface area contributed by atoms with E-state index in [0.717, 1.165) is 6.07 Å². The molecule has 0 unspecified atom stereocenters. The van der Waals surface area contributed by atoms with E-state index in [9.17, 15) is 15.2 Å². The molecule has 0 spiro atoms. The highest BCUT2D eigenvalue weighted by Gasteiger charge is 2.17. The SMILES string of the molecule is CCc1cc(Cl)cc([N+](=O)[O-])c1O. The Kier molecular flexibility index (Phi) is 2.72. The molecule has 0 aliphatic rings. The summed E-state index contributed by atoms with van der Waals surface area (Å²) in [7, 11) is 0. The summed E-state index contributed by atoms with van der Waals surface area (Å²) in [6.07, 6.45) is 0.507. The Hall–Kier alpha value is -1.29. The quantitative estimate of drug-likeness (QED) is 0.591. The lowest BCUT2D eigenvalue weighted by Crippen LogP contribution is -1.92. The van der Waals surface area contributed by atoms with Crippen molar-refractivity contribution in [3.63, 3.8) is 0 Å². The lowest BCUT2D eigenvalue weighted by Gasteiger charge is -2.02. The first-order valence-electron chi connectivity index (χ1n) is 3.72. The summed E-state index contributed by atoms with van der Waals surface area (Å²) in [4.78, 5) is 9.78. The van der Waals surface area contributed by atoms with Crippen LogP contribution in [0, 0.1) is 10.1 Å². The number of aromatic hydroxyl groups is 1. The van der Waals surface area contributed by atoms with Crippen molar-refractivity contribution in [2.24, 2.45) is 0 Å². The van der Waals surface area contributed by atoms with Gasteiger partial charge in [-0.1, -0.05) is 18.5 Å². The lowest BCUT2D eigenvalue weighted by atomic mass is 10.1. The Bertz CT molecular complexity index is 351. The fourth-order valence-corrected chi connectivity index (χ4v) is 1.28. The zero-order chi connectivity index (χ0) is 10.0. The standard InChI is InChI=1S/C8H8ClNO3/c1-2-5-3-6(9)4-7(8(5)11)10(12)13/h3-4,11H,2H2,1H3. The maximum Gasteiger partial charge on any atom is 0.312 e. The molecule has 0 atom stereocenters. The normalized spacial score (nSPS) is 10.0. The third-order valence-electron chi connectivity index (χ3n) is 1.71. The van der Waals surface area contributed by atoms with Crippen LogP contribution in [0.3, 0.4) is 0 Å². The average Bonchev–Trinajstić information content (AvgIpc) is 2.08. The van der Waals surface area contributed by atoms with Gasteiger partial charge in [-0.15, -0.1) is 0 Å². The molecule has 0 saturated heterocycles. The second-order valence-corrected chi connectivity index (χ2v) is 2.98. The van der Waals surface area contributed by atoms with E-state index >= 15 is 0 Å². The molecule has 5 heteroatoms. The van der Waals surface area contributed by atoms with Gasteiger partial charge < -0.3 is 5.11 Å². The minimum Gasteiger partial charge on any atom is -0.502 e. The van der Waals surface area contributed by atoms with Crippen LogP contribution in [0.1, 0.15) is 12.5 Å². The molecule has 1 rings (SSSR count). The number of halogens is 1. The highest BCUT2D eigenvalue weighted by molar-refractivity contribution is 6.31. The molecule has 1 aromatic carbocycles. The average molecular weight is 202 g/mol. The Labute approximate surface area is 79.9 Å². The third-order valence-corrected chi connectivity index (χ3v) is 1.93. The van der Waals surface area contributed by atoms with Gasteiger partial charge in [-0.25, -0.2) is 0 Å². The summed E-state index contributed by atoms with van der Waals surface area (Å²) >= 11 is 5.63. The number of benzene rings is 1. The molecular weight excluding hydrogens is 194 g/mol. The fraction of sp³-hybridized carbons (Fsp3) is 0.250. The van der Waals surface area contributed by atoms with E-state index < -0.39 is 4.92 Å². The first kappa shape index (κ1) is 9.80. The van der Waals surface area contributed by atoms with Crippen molar-refractivity contribution in [3.05, 3.63) is 32.8 Å². The summed E-state index contributed by atoms with van der Waals surface area (Å²) in [5, 5.41) is 20.1. The Morgan fingerprint density at radius 3 is 2.69 bits per heavy atom. The maximum absolute atomic E-state index is 10.4. The number of phenols is 1. The minimum absolute atomic E-state index is 0.265. The Balaban J connectivity index is 3.35. The zero-order valence-electron chi connectivity index (χ0n) is 6.95. The van der Waals surface area contributed by atoms with Crippen molar-refractivity contribution in [1.82, 2.24) is 0 Å². The molecular formula is C8H8ClNO3. The van der Waals surface area contributed by atoms with E-state index in [1.807, 2.05) is 0 Å². The number of nitro benzene ring substituents is 1. The molecule has 0 aliphatic carbocycles. The highest BCUT2D eigenvalue weighted by Crippen LogP contribution is 2.33. The molecule has 0 aliphatic heterocycles. The molecule has 0 fully saturated rings. The van der Waals surface area contributed by atoms with Crippen LogP contribution < -0.4 is 0 Å². The number of aryl methyl sites for hydroxylation is 1. The van der Waals surface area contributed by atoms with E-state index in [0.29, 0.717) is 12.0 Å². The number of hydrogen-bond donors (Lipinski definition) is 1. The Morgan fingerprint density at radius 2 is 2.23 bits per heavy atom. The van der Waals surface area contributed by atoms with Crippen molar-refractivity contribution in [2.75, 3.05) is 0 Å². The van der Waals surface area contributed by atoms with Crippen LogP contribution in [-0.4, -0.2) is 10.0 Å². The zero-order valence-corrected chi connectivity index (χ0v) is 7.71. The van der Waals surface area contributed by atoms with Crippen LogP contribution in [0.4, 0.5) is 5.69 Å². The van der Waals surface area contributed by atoms with Crippen LogP contribution in [0.2, 0.25) is 5.02 Å². The first-order chi connectivity index (χ1) is 6.06. The van der Waals surface area contributed by atoms with Crippen molar-refractivity contribution in [3.8, 4) is 5.75 Å². The number of phenolic OH excluding ortho intramolecular Hbond substituents is 1. The molecule has 0 radical (unpaired) electrons. The topological polar surface area (TPSA) is 63.4 Å². The molecule has 0 amide bonds. The Morgan fingerprint density at radius 1 is 1.62 bits per heavy atom. The predicted molar refractivity (Wildman–Crippen MR) is 49.1 cm³/mol. The summed E-state index contributed by atoms with van der Waals surface area (Å²) in [5.74, 6) is -0.295.